The zero-order chi connectivity index (χ0) is 46.2. The van der Waals surface area contributed by atoms with Gasteiger partial charge in [0.15, 0.2) is 0 Å². The number of benzene rings is 11. The van der Waals surface area contributed by atoms with E-state index in [2.05, 4.69) is 264 Å². The quantitative estimate of drug-likeness (QED) is 0.164. The second-order valence-electron chi connectivity index (χ2n) is 19.7. The molecule has 15 rings (SSSR count). The minimum absolute atomic E-state index is 0.138. The number of aromatic nitrogens is 3. The van der Waals surface area contributed by atoms with Crippen molar-refractivity contribution in [3.63, 3.8) is 0 Å². The van der Waals surface area contributed by atoms with E-state index < -0.39 is 0 Å². The fraction of sp³-hybridized carbons (Fsp3) is 0.0448. The molecule has 3 aromatic heterocycles. The molecule has 0 saturated carbocycles. The van der Waals surface area contributed by atoms with E-state index in [0.717, 1.165) is 17.1 Å². The summed E-state index contributed by atoms with van der Waals surface area (Å²) < 4.78 is 7.36. The Morgan fingerprint density at radius 3 is 1.46 bits per heavy atom. The van der Waals surface area contributed by atoms with E-state index in [1.54, 1.807) is 0 Å². The Bertz CT molecular complexity index is 4480. The van der Waals surface area contributed by atoms with Crippen LogP contribution in [0.2, 0.25) is 0 Å². The predicted molar refractivity (Wildman–Crippen MR) is 295 cm³/mol. The molecule has 3 heteroatoms. The van der Waals surface area contributed by atoms with Crippen LogP contribution in [0.25, 0.3) is 127 Å². The molecule has 70 heavy (non-hydrogen) atoms. The van der Waals surface area contributed by atoms with Gasteiger partial charge in [0.25, 0.3) is 0 Å². The molecule has 0 bridgehead atoms. The van der Waals surface area contributed by atoms with Crippen LogP contribution in [0.3, 0.4) is 0 Å². The van der Waals surface area contributed by atoms with E-state index in [4.69, 9.17) is 0 Å². The van der Waals surface area contributed by atoms with Crippen molar-refractivity contribution in [3.8, 4) is 50.4 Å². The summed E-state index contributed by atoms with van der Waals surface area (Å²) in [5, 5.41) is 10.0. The number of rotatable bonds is 5. The van der Waals surface area contributed by atoms with Crippen molar-refractivity contribution in [1.29, 1.82) is 0 Å². The molecule has 0 N–H and O–H groups in total. The van der Waals surface area contributed by atoms with Gasteiger partial charge >= 0.3 is 0 Å². The topological polar surface area (TPSA) is 14.8 Å². The lowest BCUT2D eigenvalue weighted by Crippen LogP contribution is -2.15. The zero-order valence-corrected chi connectivity index (χ0v) is 38.9. The summed E-state index contributed by atoms with van der Waals surface area (Å²) >= 11 is 0. The van der Waals surface area contributed by atoms with Gasteiger partial charge in [0.2, 0.25) is 0 Å². The van der Waals surface area contributed by atoms with Gasteiger partial charge in [-0.1, -0.05) is 153 Å². The average molecular weight is 892 g/mol. The molecule has 0 radical (unpaired) electrons. The SMILES string of the molecule is CC1(C)c2ccccc2-c2cc3c4ccccc4n(-c4cc(-c5ccc6c(c5)c5ccccc5n6-c5ccccc5)cc(-c5ccc6c(c5)c5c7ccccc7ccc5n6-c5ccccc5)c4)c3cc21. The largest absolute Gasteiger partial charge is 0.309 e. The number of hydrogen-bond acceptors (Lipinski definition) is 0. The van der Waals surface area contributed by atoms with E-state index in [1.165, 1.54) is 121 Å². The zero-order valence-electron chi connectivity index (χ0n) is 38.9. The van der Waals surface area contributed by atoms with Crippen LogP contribution < -0.4 is 0 Å². The lowest BCUT2D eigenvalue weighted by Gasteiger charge is -2.22. The molecule has 328 valence electrons. The Balaban J connectivity index is 1.02. The molecule has 3 heterocycles. The van der Waals surface area contributed by atoms with Crippen LogP contribution in [0, 0.1) is 0 Å². The van der Waals surface area contributed by atoms with Gasteiger partial charge in [-0.3, -0.25) is 0 Å². The highest BCUT2D eigenvalue weighted by Crippen LogP contribution is 2.51. The maximum Gasteiger partial charge on any atom is 0.0547 e. The third-order valence-corrected chi connectivity index (χ3v) is 15.6. The van der Waals surface area contributed by atoms with Gasteiger partial charge in [0.05, 0.1) is 33.1 Å². The first-order valence-corrected chi connectivity index (χ1v) is 24.4. The van der Waals surface area contributed by atoms with Crippen LogP contribution in [0.5, 0.6) is 0 Å². The van der Waals surface area contributed by atoms with Crippen molar-refractivity contribution < 1.29 is 0 Å². The molecular weight excluding hydrogens is 847 g/mol. The van der Waals surface area contributed by atoms with Crippen molar-refractivity contribution in [3.05, 3.63) is 248 Å². The molecular formula is C67H45N3. The summed E-state index contributed by atoms with van der Waals surface area (Å²) in [4.78, 5) is 0. The highest BCUT2D eigenvalue weighted by molar-refractivity contribution is 6.22. The summed E-state index contributed by atoms with van der Waals surface area (Å²) in [6.45, 7) is 4.77. The molecule has 0 atom stereocenters. The first-order valence-electron chi connectivity index (χ1n) is 24.4. The molecule has 0 fully saturated rings. The lowest BCUT2D eigenvalue weighted by molar-refractivity contribution is 0.661. The van der Waals surface area contributed by atoms with Crippen LogP contribution in [0.15, 0.2) is 237 Å². The van der Waals surface area contributed by atoms with Crippen LogP contribution in [-0.4, -0.2) is 13.7 Å². The highest BCUT2D eigenvalue weighted by atomic mass is 15.0. The normalized spacial score (nSPS) is 13.1. The minimum atomic E-state index is -0.138. The Labute approximate surface area is 405 Å². The van der Waals surface area contributed by atoms with E-state index >= 15 is 0 Å². The molecule has 0 saturated heterocycles. The van der Waals surface area contributed by atoms with Crippen molar-refractivity contribution in [2.24, 2.45) is 0 Å². The fourth-order valence-corrected chi connectivity index (χ4v) is 12.3. The summed E-state index contributed by atoms with van der Waals surface area (Å²) in [6.07, 6.45) is 0. The number of fused-ring (bicyclic) bond motifs is 14. The van der Waals surface area contributed by atoms with Crippen molar-refractivity contribution in [1.82, 2.24) is 13.7 Å². The molecule has 14 aromatic rings. The van der Waals surface area contributed by atoms with Gasteiger partial charge in [-0.25, -0.2) is 0 Å². The Hall–Kier alpha value is -8.92. The Morgan fingerprint density at radius 2 is 0.771 bits per heavy atom. The van der Waals surface area contributed by atoms with Crippen molar-refractivity contribution in [2.75, 3.05) is 0 Å². The van der Waals surface area contributed by atoms with Gasteiger partial charge < -0.3 is 13.7 Å². The van der Waals surface area contributed by atoms with Crippen LogP contribution in [-0.2, 0) is 5.41 Å². The highest BCUT2D eigenvalue weighted by Gasteiger charge is 2.36. The van der Waals surface area contributed by atoms with Crippen LogP contribution in [0.4, 0.5) is 0 Å². The van der Waals surface area contributed by atoms with E-state index in [1.807, 2.05) is 0 Å². The van der Waals surface area contributed by atoms with E-state index in [9.17, 15) is 0 Å². The standard InChI is InChI=1S/C67H45N3/c1-67(2)58-26-14-11-23-51(58)54-40-56-53-25-13-16-28-61(53)70(65(56)41-59(54)67)49-36-45(43-30-32-62-55(38-43)52-24-12-15-27-60(52)68(62)47-18-5-3-6-19-47)35-46(37-49)44-31-33-63-57(39-44)66-50-22-10-9-17-42(50)29-34-64(66)69(63)48-20-7-4-8-21-48/h3-41H,1-2H3. The monoisotopic (exact) mass is 891 g/mol. The predicted octanol–water partition coefficient (Wildman–Crippen LogP) is 17.8. The first-order chi connectivity index (χ1) is 34.5. The molecule has 0 amide bonds. The van der Waals surface area contributed by atoms with E-state index in [0.29, 0.717) is 0 Å². The molecule has 1 aliphatic rings. The molecule has 0 unspecified atom stereocenters. The van der Waals surface area contributed by atoms with Crippen molar-refractivity contribution in [2.45, 2.75) is 19.3 Å². The average Bonchev–Trinajstić information content (AvgIpc) is 4.11. The van der Waals surface area contributed by atoms with Gasteiger partial charge in [0, 0.05) is 54.8 Å². The lowest BCUT2D eigenvalue weighted by atomic mass is 9.82. The van der Waals surface area contributed by atoms with Gasteiger partial charge in [-0.2, -0.15) is 0 Å². The van der Waals surface area contributed by atoms with Crippen molar-refractivity contribution >= 4 is 76.2 Å². The van der Waals surface area contributed by atoms with Crippen LogP contribution in [0.1, 0.15) is 25.0 Å². The summed E-state index contributed by atoms with van der Waals surface area (Å²) in [5.41, 5.74) is 20.7. The third kappa shape index (κ3) is 5.52. The summed E-state index contributed by atoms with van der Waals surface area (Å²) in [5.74, 6) is 0. The Kier molecular flexibility index (Phi) is 8.13. The maximum atomic E-state index is 2.53. The van der Waals surface area contributed by atoms with Gasteiger partial charge in [-0.05, 0) is 152 Å². The second kappa shape index (κ2) is 14.5. The maximum absolute atomic E-state index is 2.53. The minimum Gasteiger partial charge on any atom is -0.309 e. The smallest absolute Gasteiger partial charge is 0.0547 e. The molecule has 0 aliphatic heterocycles. The number of para-hydroxylation sites is 4. The number of hydrogen-bond donors (Lipinski definition) is 0. The third-order valence-electron chi connectivity index (χ3n) is 15.6. The molecule has 0 spiro atoms. The Morgan fingerprint density at radius 1 is 0.271 bits per heavy atom. The first kappa shape index (κ1) is 39.1. The van der Waals surface area contributed by atoms with Gasteiger partial charge in [0.1, 0.15) is 0 Å². The number of nitrogens with zero attached hydrogens (tertiary/aromatic N) is 3. The van der Waals surface area contributed by atoms with E-state index in [-0.39, 0.29) is 5.41 Å². The van der Waals surface area contributed by atoms with Crippen LogP contribution >= 0.6 is 0 Å². The molecule has 3 nitrogen and oxygen atoms in total. The second-order valence-corrected chi connectivity index (χ2v) is 19.7. The summed E-state index contributed by atoms with van der Waals surface area (Å²) in [7, 11) is 0. The molecule has 1 aliphatic carbocycles. The molecule has 11 aromatic carbocycles. The van der Waals surface area contributed by atoms with Gasteiger partial charge in [-0.15, -0.1) is 0 Å². The summed E-state index contributed by atoms with van der Waals surface area (Å²) in [6, 6.07) is 88.1. The fourth-order valence-electron chi connectivity index (χ4n) is 12.3.